The molecule has 9 heteroatoms. The predicted molar refractivity (Wildman–Crippen MR) is 153 cm³/mol. The zero-order valence-electron chi connectivity index (χ0n) is 22.9. The van der Waals surface area contributed by atoms with Crippen molar-refractivity contribution in [2.45, 2.75) is 32.2 Å². The summed E-state index contributed by atoms with van der Waals surface area (Å²) in [7, 11) is 5.31. The molecule has 9 nitrogen and oxygen atoms in total. The van der Waals surface area contributed by atoms with Gasteiger partial charge in [0, 0.05) is 32.4 Å². The van der Waals surface area contributed by atoms with Crippen molar-refractivity contribution in [1.29, 1.82) is 0 Å². The summed E-state index contributed by atoms with van der Waals surface area (Å²) in [6.45, 7) is 2.98. The molecule has 3 aromatic rings. The third-order valence-electron chi connectivity index (χ3n) is 6.82. The summed E-state index contributed by atoms with van der Waals surface area (Å²) in [6, 6.07) is 17.5. The van der Waals surface area contributed by atoms with Crippen molar-refractivity contribution in [3.8, 4) is 17.2 Å². The van der Waals surface area contributed by atoms with Gasteiger partial charge in [-0.15, -0.1) is 0 Å². The van der Waals surface area contributed by atoms with E-state index in [2.05, 4.69) is 10.6 Å². The molecule has 3 amide bonds. The lowest BCUT2D eigenvalue weighted by molar-refractivity contribution is -0.131. The second-order valence-corrected chi connectivity index (χ2v) is 9.85. The van der Waals surface area contributed by atoms with Gasteiger partial charge in [-0.05, 0) is 61.2 Å². The summed E-state index contributed by atoms with van der Waals surface area (Å²) in [5.41, 5.74) is 3.77. The molecule has 206 valence electrons. The number of urea groups is 1. The number of anilines is 3. The molecule has 39 heavy (non-hydrogen) atoms. The van der Waals surface area contributed by atoms with Crippen LogP contribution in [0.4, 0.5) is 21.9 Å². The van der Waals surface area contributed by atoms with E-state index < -0.39 is 0 Å². The van der Waals surface area contributed by atoms with Crippen molar-refractivity contribution < 1.29 is 24.2 Å². The number of nitrogens with zero attached hydrogens (tertiary/aromatic N) is 2. The minimum Gasteiger partial charge on any atom is -0.508 e. The number of phenols is 1. The number of methoxy groups -OCH3 is 1. The van der Waals surface area contributed by atoms with Gasteiger partial charge in [-0.3, -0.25) is 4.79 Å². The molecule has 1 aliphatic heterocycles. The van der Waals surface area contributed by atoms with Gasteiger partial charge in [-0.2, -0.15) is 0 Å². The smallest absolute Gasteiger partial charge is 0.323 e. The number of hydrogen-bond donors (Lipinski definition) is 3. The first-order chi connectivity index (χ1) is 18.7. The molecular weight excluding hydrogens is 496 g/mol. The summed E-state index contributed by atoms with van der Waals surface area (Å²) in [5.74, 6) is 1.33. The Balaban J connectivity index is 1.37. The molecule has 3 N–H and O–H groups in total. The molecule has 0 aromatic heterocycles. The highest BCUT2D eigenvalue weighted by molar-refractivity contribution is 6.01. The third kappa shape index (κ3) is 6.93. The summed E-state index contributed by atoms with van der Waals surface area (Å²) in [6.07, 6.45) is 1.99. The molecule has 1 atom stereocenters. The minimum atomic E-state index is -0.377. The van der Waals surface area contributed by atoms with Crippen molar-refractivity contribution in [3.05, 3.63) is 71.8 Å². The van der Waals surface area contributed by atoms with Crippen LogP contribution in [0.5, 0.6) is 17.2 Å². The lowest BCUT2D eigenvalue weighted by atomic mass is 10.1. The van der Waals surface area contributed by atoms with Crippen molar-refractivity contribution in [3.63, 3.8) is 0 Å². The number of carbonyl (C=O) groups is 2. The van der Waals surface area contributed by atoms with E-state index in [0.29, 0.717) is 30.3 Å². The number of amides is 3. The fraction of sp³-hybridized carbons (Fsp3) is 0.333. The van der Waals surface area contributed by atoms with Crippen molar-refractivity contribution in [2.75, 3.05) is 49.9 Å². The van der Waals surface area contributed by atoms with Crippen molar-refractivity contribution in [1.82, 2.24) is 4.90 Å². The zero-order valence-corrected chi connectivity index (χ0v) is 22.9. The number of para-hydroxylation sites is 1. The molecule has 0 radical (unpaired) electrons. The van der Waals surface area contributed by atoms with Crippen LogP contribution in [-0.2, 0) is 11.2 Å². The first-order valence-electron chi connectivity index (χ1n) is 13.0. The summed E-state index contributed by atoms with van der Waals surface area (Å²) >= 11 is 0. The summed E-state index contributed by atoms with van der Waals surface area (Å²) in [4.78, 5) is 29.6. The van der Waals surface area contributed by atoms with Crippen LogP contribution in [0.15, 0.2) is 60.7 Å². The molecule has 0 aliphatic carbocycles. The fourth-order valence-corrected chi connectivity index (χ4v) is 4.71. The Labute approximate surface area is 229 Å². The molecule has 1 unspecified atom stereocenters. The van der Waals surface area contributed by atoms with Gasteiger partial charge < -0.3 is 35.0 Å². The quantitative estimate of drug-likeness (QED) is 0.357. The van der Waals surface area contributed by atoms with Gasteiger partial charge >= 0.3 is 6.03 Å². The topological polar surface area (TPSA) is 103 Å². The molecule has 1 aliphatic rings. The van der Waals surface area contributed by atoms with Gasteiger partial charge in [-0.1, -0.05) is 24.3 Å². The van der Waals surface area contributed by atoms with Crippen LogP contribution in [0.2, 0.25) is 0 Å². The maximum atomic E-state index is 13.3. The van der Waals surface area contributed by atoms with E-state index in [1.807, 2.05) is 61.2 Å². The van der Waals surface area contributed by atoms with Crippen LogP contribution in [0.25, 0.3) is 0 Å². The molecule has 1 heterocycles. The Hall–Kier alpha value is -4.40. The number of aryl methyl sites for hydroxylation is 1. The Morgan fingerprint density at radius 1 is 1.03 bits per heavy atom. The number of nitrogens with one attached hydrogen (secondary N) is 2. The number of ether oxygens (including phenoxy) is 2. The van der Waals surface area contributed by atoms with Gasteiger partial charge in [0.1, 0.15) is 23.9 Å². The number of hydrogen-bond acceptors (Lipinski definition) is 6. The monoisotopic (exact) mass is 532 g/mol. The maximum absolute atomic E-state index is 13.3. The van der Waals surface area contributed by atoms with Gasteiger partial charge in [0.05, 0.1) is 30.9 Å². The van der Waals surface area contributed by atoms with Crippen molar-refractivity contribution >= 4 is 29.0 Å². The van der Waals surface area contributed by atoms with E-state index in [4.69, 9.17) is 9.47 Å². The van der Waals surface area contributed by atoms with Crippen LogP contribution >= 0.6 is 0 Å². The Morgan fingerprint density at radius 2 is 1.79 bits per heavy atom. The Kier molecular flexibility index (Phi) is 8.81. The number of phenolic OH excluding ortho intramolecular Hbond substituents is 1. The van der Waals surface area contributed by atoms with Crippen LogP contribution in [0, 0.1) is 6.92 Å². The first kappa shape index (κ1) is 27.6. The Morgan fingerprint density at radius 3 is 2.54 bits per heavy atom. The molecule has 0 bridgehead atoms. The van der Waals surface area contributed by atoms with E-state index in [9.17, 15) is 14.7 Å². The largest absolute Gasteiger partial charge is 0.508 e. The third-order valence-corrected chi connectivity index (χ3v) is 6.82. The number of rotatable bonds is 9. The lowest BCUT2D eigenvalue weighted by Gasteiger charge is -2.26. The van der Waals surface area contributed by atoms with E-state index in [0.717, 1.165) is 35.3 Å². The molecule has 1 fully saturated rings. The SMILES string of the molecule is COc1cc(CC(=O)N2CCCC2COc2ccc(O)cc2N(C)C)ccc1NC(=O)Nc1ccccc1C. The van der Waals surface area contributed by atoms with Crippen LogP contribution in [0.3, 0.4) is 0 Å². The average Bonchev–Trinajstić information content (AvgIpc) is 3.39. The first-order valence-corrected chi connectivity index (χ1v) is 13.0. The molecular formula is C30H36N4O5. The molecule has 3 aromatic carbocycles. The zero-order chi connectivity index (χ0) is 27.9. The van der Waals surface area contributed by atoms with Crippen molar-refractivity contribution in [2.24, 2.45) is 0 Å². The highest BCUT2D eigenvalue weighted by atomic mass is 16.5. The van der Waals surface area contributed by atoms with E-state index in [1.165, 1.54) is 7.11 Å². The molecule has 0 spiro atoms. The minimum absolute atomic E-state index is 0.0136. The normalized spacial score (nSPS) is 14.6. The summed E-state index contributed by atoms with van der Waals surface area (Å²) < 4.78 is 11.6. The second kappa shape index (κ2) is 12.4. The standard InChI is InChI=1S/C30H36N4O5/c1-20-8-5-6-10-24(20)31-30(37)32-25-13-11-21(16-28(25)38-4)17-29(36)34-15-7-9-22(34)19-39-27-14-12-23(35)18-26(27)33(2)3/h5-6,8,10-14,16,18,22,35H,7,9,15,17,19H2,1-4H3,(H2,31,32,37). The highest BCUT2D eigenvalue weighted by Gasteiger charge is 2.29. The molecule has 0 saturated carbocycles. The number of carbonyl (C=O) groups excluding carboxylic acids is 2. The highest BCUT2D eigenvalue weighted by Crippen LogP contribution is 2.32. The summed E-state index contributed by atoms with van der Waals surface area (Å²) in [5, 5.41) is 15.5. The van der Waals surface area contributed by atoms with Gasteiger partial charge in [0.15, 0.2) is 0 Å². The molecule has 4 rings (SSSR count). The maximum Gasteiger partial charge on any atom is 0.323 e. The van der Waals surface area contributed by atoms with E-state index in [-0.39, 0.29) is 30.2 Å². The average molecular weight is 533 g/mol. The van der Waals surface area contributed by atoms with Crippen LogP contribution in [-0.4, -0.2) is 62.3 Å². The van der Waals surface area contributed by atoms with E-state index in [1.54, 1.807) is 30.3 Å². The van der Waals surface area contributed by atoms with E-state index >= 15 is 0 Å². The predicted octanol–water partition coefficient (Wildman–Crippen LogP) is 5.03. The fourth-order valence-electron chi connectivity index (χ4n) is 4.71. The van der Waals surface area contributed by atoms with Crippen LogP contribution in [0.1, 0.15) is 24.0 Å². The van der Waals surface area contributed by atoms with Gasteiger partial charge in [-0.25, -0.2) is 4.79 Å². The lowest BCUT2D eigenvalue weighted by Crippen LogP contribution is -2.40. The Bertz CT molecular complexity index is 1330. The second-order valence-electron chi connectivity index (χ2n) is 9.85. The number of benzene rings is 3. The number of likely N-dealkylation sites (tertiary alicyclic amines) is 1. The van der Waals surface area contributed by atoms with Crippen LogP contribution < -0.4 is 25.0 Å². The van der Waals surface area contributed by atoms with Gasteiger partial charge in [0.2, 0.25) is 5.91 Å². The molecule has 1 saturated heterocycles. The van der Waals surface area contributed by atoms with Gasteiger partial charge in [0.25, 0.3) is 0 Å². The number of aromatic hydroxyl groups is 1.